The predicted molar refractivity (Wildman–Crippen MR) is 148 cm³/mol. The molecule has 2 heterocycles. The van der Waals surface area contributed by atoms with E-state index < -0.39 is 10.0 Å². The van der Waals surface area contributed by atoms with Crippen LogP contribution >= 0.6 is 11.3 Å². The van der Waals surface area contributed by atoms with Crippen molar-refractivity contribution in [3.63, 3.8) is 0 Å². The molecule has 0 unspecified atom stereocenters. The number of carbonyl (C=O) groups excluding carboxylic acids is 1. The third-order valence-electron chi connectivity index (χ3n) is 6.00. The first-order valence-electron chi connectivity index (χ1n) is 11.9. The number of benzene rings is 3. The van der Waals surface area contributed by atoms with Gasteiger partial charge in [-0.3, -0.25) is 14.4 Å². The number of amides is 1. The molecule has 0 aliphatic carbocycles. The summed E-state index contributed by atoms with van der Waals surface area (Å²) in [5, 5.41) is 0.562. The van der Waals surface area contributed by atoms with Crippen LogP contribution in [0.2, 0.25) is 0 Å². The molecule has 38 heavy (non-hydrogen) atoms. The van der Waals surface area contributed by atoms with Gasteiger partial charge in [0.1, 0.15) is 11.5 Å². The molecule has 3 aromatic carbocycles. The summed E-state index contributed by atoms with van der Waals surface area (Å²) in [4.78, 5) is 20.2. The summed E-state index contributed by atoms with van der Waals surface area (Å²) < 4.78 is 39.7. The Morgan fingerprint density at radius 1 is 1.03 bits per heavy atom. The minimum absolute atomic E-state index is 0.102. The molecule has 10 heteroatoms. The molecule has 5 rings (SSSR count). The maximum absolute atomic E-state index is 13.7. The lowest BCUT2D eigenvalue weighted by atomic mass is 10.1. The third kappa shape index (κ3) is 5.27. The van der Waals surface area contributed by atoms with E-state index in [0.29, 0.717) is 27.9 Å². The Balaban J connectivity index is 1.41. The number of carbonyl (C=O) groups is 1. The van der Waals surface area contributed by atoms with E-state index in [4.69, 9.17) is 14.1 Å². The molecule has 0 saturated heterocycles. The molecule has 8 nitrogen and oxygen atoms in total. The molecule has 0 aliphatic rings. The van der Waals surface area contributed by atoms with Gasteiger partial charge in [0.2, 0.25) is 0 Å². The number of nitrogens with zero attached hydrogens (tertiary/aromatic N) is 2. The van der Waals surface area contributed by atoms with Crippen LogP contribution in [0.1, 0.15) is 28.6 Å². The molecule has 0 spiro atoms. The number of aryl methyl sites for hydroxylation is 1. The van der Waals surface area contributed by atoms with Gasteiger partial charge in [0.15, 0.2) is 5.13 Å². The highest BCUT2D eigenvalue weighted by Gasteiger charge is 2.24. The van der Waals surface area contributed by atoms with E-state index in [1.165, 1.54) is 30.6 Å². The van der Waals surface area contributed by atoms with Crippen LogP contribution in [0.5, 0.6) is 5.75 Å². The van der Waals surface area contributed by atoms with E-state index in [1.807, 2.05) is 24.3 Å². The number of nitrogens with one attached hydrogen (secondary N) is 1. The molecule has 2 aromatic heterocycles. The van der Waals surface area contributed by atoms with Crippen LogP contribution in [-0.4, -0.2) is 26.4 Å². The first kappa shape index (κ1) is 25.5. The number of furan rings is 1. The lowest BCUT2D eigenvalue weighted by Gasteiger charge is -2.19. The van der Waals surface area contributed by atoms with Crippen molar-refractivity contribution in [1.29, 1.82) is 0 Å². The largest absolute Gasteiger partial charge is 0.497 e. The van der Waals surface area contributed by atoms with Crippen molar-refractivity contribution in [2.75, 3.05) is 16.7 Å². The monoisotopic (exact) mass is 547 g/mol. The number of fused-ring (bicyclic) bond motifs is 1. The molecule has 0 fully saturated rings. The fourth-order valence-corrected chi connectivity index (χ4v) is 6.05. The lowest BCUT2D eigenvalue weighted by molar-refractivity contribution is 0.0983. The van der Waals surface area contributed by atoms with Crippen LogP contribution in [0.25, 0.3) is 10.2 Å². The summed E-state index contributed by atoms with van der Waals surface area (Å²) in [7, 11) is -2.29. The highest BCUT2D eigenvalue weighted by atomic mass is 32.2. The SMILES string of the molecule is CCc1cccc2sc(N(Cc3ccco3)C(=O)c3ccc(NS(=O)(=O)c4ccc(OC)cc4)cc3)nc12. The van der Waals surface area contributed by atoms with E-state index >= 15 is 0 Å². The Labute approximate surface area is 224 Å². The van der Waals surface area contributed by atoms with Crippen molar-refractivity contribution in [2.45, 2.75) is 24.8 Å². The van der Waals surface area contributed by atoms with E-state index in [9.17, 15) is 13.2 Å². The molecule has 194 valence electrons. The quantitative estimate of drug-likeness (QED) is 0.239. The average molecular weight is 548 g/mol. The second-order valence-corrected chi connectivity index (χ2v) is 11.1. The van der Waals surface area contributed by atoms with Gasteiger partial charge in [-0.1, -0.05) is 30.4 Å². The van der Waals surface area contributed by atoms with Crippen molar-refractivity contribution in [3.05, 3.63) is 102 Å². The Morgan fingerprint density at radius 3 is 2.45 bits per heavy atom. The number of hydrogen-bond donors (Lipinski definition) is 1. The smallest absolute Gasteiger partial charge is 0.261 e. The Hall–Kier alpha value is -4.15. The Bertz CT molecular complexity index is 1660. The number of rotatable bonds is 9. The van der Waals surface area contributed by atoms with Gasteiger partial charge in [-0.15, -0.1) is 0 Å². The number of hydrogen-bond acceptors (Lipinski definition) is 7. The third-order valence-corrected chi connectivity index (χ3v) is 8.44. The number of anilines is 2. The normalized spacial score (nSPS) is 11.4. The minimum atomic E-state index is -3.81. The van der Waals surface area contributed by atoms with Gasteiger partial charge in [0.25, 0.3) is 15.9 Å². The van der Waals surface area contributed by atoms with Crippen molar-refractivity contribution in [3.8, 4) is 5.75 Å². The zero-order valence-electron chi connectivity index (χ0n) is 20.7. The van der Waals surface area contributed by atoms with Crippen LogP contribution in [0.15, 0.2) is 94.4 Å². The van der Waals surface area contributed by atoms with Crippen molar-refractivity contribution < 1.29 is 22.4 Å². The number of para-hydroxylation sites is 1. The Morgan fingerprint density at radius 2 is 1.79 bits per heavy atom. The summed E-state index contributed by atoms with van der Waals surface area (Å²) in [6, 6.07) is 22.0. The van der Waals surface area contributed by atoms with Crippen molar-refractivity contribution in [2.24, 2.45) is 0 Å². The second-order valence-electron chi connectivity index (χ2n) is 8.44. The molecule has 1 amide bonds. The van der Waals surface area contributed by atoms with Crippen LogP contribution in [0, 0.1) is 0 Å². The zero-order chi connectivity index (χ0) is 26.7. The van der Waals surface area contributed by atoms with Gasteiger partial charge >= 0.3 is 0 Å². The van der Waals surface area contributed by atoms with E-state index in [2.05, 4.69) is 11.6 Å². The summed E-state index contributed by atoms with van der Waals surface area (Å²) in [6.45, 7) is 2.28. The van der Waals surface area contributed by atoms with Gasteiger partial charge in [0.05, 0.1) is 35.0 Å². The van der Waals surface area contributed by atoms with E-state index in [0.717, 1.165) is 22.2 Å². The van der Waals surface area contributed by atoms with Crippen LogP contribution in [0.3, 0.4) is 0 Å². The maximum Gasteiger partial charge on any atom is 0.261 e. The fraction of sp³-hybridized carbons (Fsp3) is 0.143. The minimum Gasteiger partial charge on any atom is -0.497 e. The molecular formula is C28H25N3O5S2. The number of thiazole rings is 1. The van der Waals surface area contributed by atoms with Crippen LogP contribution < -0.4 is 14.4 Å². The van der Waals surface area contributed by atoms with Crippen LogP contribution in [0.4, 0.5) is 10.8 Å². The fourth-order valence-electron chi connectivity index (χ4n) is 3.98. The molecule has 0 aliphatic heterocycles. The molecular weight excluding hydrogens is 522 g/mol. The number of ether oxygens (including phenoxy) is 1. The molecule has 1 N–H and O–H groups in total. The van der Waals surface area contributed by atoms with Gasteiger partial charge in [-0.05, 0) is 78.7 Å². The first-order chi connectivity index (χ1) is 18.4. The first-order valence-corrected chi connectivity index (χ1v) is 14.2. The van der Waals surface area contributed by atoms with Crippen molar-refractivity contribution in [1.82, 2.24) is 4.98 Å². The topological polar surface area (TPSA) is 102 Å². The molecule has 0 atom stereocenters. The van der Waals surface area contributed by atoms with E-state index in [-0.39, 0.29) is 17.3 Å². The van der Waals surface area contributed by atoms with Crippen LogP contribution in [-0.2, 0) is 23.0 Å². The van der Waals surface area contributed by atoms with Crippen molar-refractivity contribution >= 4 is 48.3 Å². The lowest BCUT2D eigenvalue weighted by Crippen LogP contribution is -2.30. The molecule has 0 saturated carbocycles. The van der Waals surface area contributed by atoms with Gasteiger partial charge < -0.3 is 9.15 Å². The van der Waals surface area contributed by atoms with Gasteiger partial charge in [-0.25, -0.2) is 13.4 Å². The summed E-state index contributed by atoms with van der Waals surface area (Å²) in [6.07, 6.45) is 2.40. The Kier molecular flexibility index (Phi) is 7.17. The zero-order valence-corrected chi connectivity index (χ0v) is 22.4. The second kappa shape index (κ2) is 10.7. The molecule has 0 bridgehead atoms. The average Bonchev–Trinajstić information content (AvgIpc) is 3.61. The number of sulfonamides is 1. The summed E-state index contributed by atoms with van der Waals surface area (Å²) >= 11 is 1.44. The number of aromatic nitrogens is 1. The van der Waals surface area contributed by atoms with Gasteiger partial charge in [0, 0.05) is 11.3 Å². The number of methoxy groups -OCH3 is 1. The van der Waals surface area contributed by atoms with Gasteiger partial charge in [-0.2, -0.15) is 0 Å². The molecule has 5 aromatic rings. The molecule has 0 radical (unpaired) electrons. The highest BCUT2D eigenvalue weighted by molar-refractivity contribution is 7.92. The summed E-state index contributed by atoms with van der Waals surface area (Å²) in [5.74, 6) is 0.908. The highest BCUT2D eigenvalue weighted by Crippen LogP contribution is 2.33. The maximum atomic E-state index is 13.7. The standard InChI is InChI=1S/C28H25N3O5S2/c1-3-19-6-4-8-25-26(19)29-28(37-25)31(18-23-7-5-17-36-23)27(32)20-9-11-21(12-10-20)30-38(33,34)24-15-13-22(35-2)14-16-24/h4-17,30H,3,18H2,1-2H3. The van der Waals surface area contributed by atoms with E-state index in [1.54, 1.807) is 53.6 Å². The summed E-state index contributed by atoms with van der Waals surface area (Å²) in [5.41, 5.74) is 2.72. The predicted octanol–water partition coefficient (Wildman–Crippen LogP) is 6.11.